The average molecular weight is 229 g/mol. The van der Waals surface area contributed by atoms with Crippen molar-refractivity contribution in [3.8, 4) is 5.75 Å². The third kappa shape index (κ3) is 3.21. The Morgan fingerprint density at radius 1 is 1.24 bits per heavy atom. The van der Waals surface area contributed by atoms with E-state index in [-0.39, 0.29) is 0 Å². The molecule has 88 valence electrons. The maximum atomic E-state index is 5.28. The molecule has 1 aromatic heterocycles. The molecule has 0 unspecified atom stereocenters. The van der Waals surface area contributed by atoms with Crippen molar-refractivity contribution < 1.29 is 9.15 Å². The van der Waals surface area contributed by atoms with Crippen LogP contribution < -0.4 is 4.74 Å². The molecule has 0 spiro atoms. The molecule has 17 heavy (non-hydrogen) atoms. The molecular weight excluding hydrogens is 214 g/mol. The minimum atomic E-state index is 0.723. The largest absolute Gasteiger partial charge is 0.496 e. The second kappa shape index (κ2) is 5.89. The second-order valence-corrected chi connectivity index (χ2v) is 3.61. The lowest BCUT2D eigenvalue weighted by molar-refractivity contribution is 0.410. The molecule has 0 atom stereocenters. The van der Waals surface area contributed by atoms with E-state index >= 15 is 0 Å². The third-order valence-electron chi connectivity index (χ3n) is 2.46. The van der Waals surface area contributed by atoms with Gasteiger partial charge < -0.3 is 9.15 Å². The SMILES string of the molecule is COc1ccccc1CCN=Cc1ccco1. The molecule has 1 aromatic carbocycles. The monoisotopic (exact) mass is 229 g/mol. The van der Waals surface area contributed by atoms with E-state index < -0.39 is 0 Å². The highest BCUT2D eigenvalue weighted by molar-refractivity contribution is 5.75. The zero-order valence-electron chi connectivity index (χ0n) is 9.80. The molecule has 0 saturated heterocycles. The Morgan fingerprint density at radius 3 is 2.88 bits per heavy atom. The number of ether oxygens (including phenoxy) is 1. The summed E-state index contributed by atoms with van der Waals surface area (Å²) in [7, 11) is 1.69. The number of benzene rings is 1. The lowest BCUT2D eigenvalue weighted by Crippen LogP contribution is -1.94. The van der Waals surface area contributed by atoms with Crippen molar-refractivity contribution in [3.63, 3.8) is 0 Å². The Kier molecular flexibility index (Phi) is 3.97. The van der Waals surface area contributed by atoms with Gasteiger partial charge in [-0.1, -0.05) is 18.2 Å². The highest BCUT2D eigenvalue weighted by Crippen LogP contribution is 2.17. The maximum Gasteiger partial charge on any atom is 0.144 e. The molecule has 0 N–H and O–H groups in total. The lowest BCUT2D eigenvalue weighted by atomic mass is 10.1. The van der Waals surface area contributed by atoms with Gasteiger partial charge in [0.05, 0.1) is 19.6 Å². The summed E-state index contributed by atoms with van der Waals surface area (Å²) in [6.07, 6.45) is 4.25. The molecule has 0 fully saturated rings. The number of hydrogen-bond acceptors (Lipinski definition) is 3. The number of para-hydroxylation sites is 1. The summed E-state index contributed by atoms with van der Waals surface area (Å²) in [5, 5.41) is 0. The van der Waals surface area contributed by atoms with Gasteiger partial charge in [-0.3, -0.25) is 4.99 Å². The molecule has 0 aliphatic rings. The Morgan fingerprint density at radius 2 is 2.12 bits per heavy atom. The van der Waals surface area contributed by atoms with E-state index in [1.165, 1.54) is 5.56 Å². The molecule has 0 radical (unpaired) electrons. The number of rotatable bonds is 5. The molecule has 0 amide bonds. The van der Waals surface area contributed by atoms with Crippen molar-refractivity contribution in [1.29, 1.82) is 0 Å². The zero-order valence-corrected chi connectivity index (χ0v) is 9.80. The van der Waals surface area contributed by atoms with Crippen molar-refractivity contribution >= 4 is 6.21 Å². The first-order valence-corrected chi connectivity index (χ1v) is 5.55. The normalized spacial score (nSPS) is 10.9. The number of methoxy groups -OCH3 is 1. The fourth-order valence-electron chi connectivity index (χ4n) is 1.61. The van der Waals surface area contributed by atoms with E-state index in [2.05, 4.69) is 11.1 Å². The fourth-order valence-corrected chi connectivity index (χ4v) is 1.61. The van der Waals surface area contributed by atoms with Gasteiger partial charge in [0.25, 0.3) is 0 Å². The first-order valence-electron chi connectivity index (χ1n) is 5.55. The molecule has 0 bridgehead atoms. The summed E-state index contributed by atoms with van der Waals surface area (Å²) in [6, 6.07) is 11.7. The highest BCUT2D eigenvalue weighted by atomic mass is 16.5. The standard InChI is InChI=1S/C14H15NO2/c1-16-14-7-3-2-5-12(14)8-9-15-11-13-6-4-10-17-13/h2-7,10-11H,8-9H2,1H3. The molecule has 0 aliphatic heterocycles. The van der Waals surface area contributed by atoms with E-state index in [4.69, 9.17) is 9.15 Å². The zero-order chi connectivity index (χ0) is 11.9. The molecule has 3 nitrogen and oxygen atoms in total. The smallest absolute Gasteiger partial charge is 0.144 e. The quantitative estimate of drug-likeness (QED) is 0.739. The predicted molar refractivity (Wildman–Crippen MR) is 67.9 cm³/mol. The highest BCUT2D eigenvalue weighted by Gasteiger charge is 1.99. The van der Waals surface area contributed by atoms with E-state index in [0.29, 0.717) is 0 Å². The summed E-state index contributed by atoms with van der Waals surface area (Å²) < 4.78 is 10.4. The number of aliphatic imine (C=N–C) groups is 1. The third-order valence-corrected chi connectivity index (χ3v) is 2.46. The van der Waals surface area contributed by atoms with Crippen LogP contribution >= 0.6 is 0 Å². The van der Waals surface area contributed by atoms with E-state index in [1.54, 1.807) is 19.6 Å². The van der Waals surface area contributed by atoms with E-state index in [0.717, 1.165) is 24.5 Å². The Labute approximate surface area is 101 Å². The van der Waals surface area contributed by atoms with Crippen molar-refractivity contribution in [3.05, 3.63) is 54.0 Å². The van der Waals surface area contributed by atoms with Gasteiger partial charge in [-0.2, -0.15) is 0 Å². The predicted octanol–water partition coefficient (Wildman–Crippen LogP) is 2.95. The first kappa shape index (κ1) is 11.5. The minimum absolute atomic E-state index is 0.723. The Balaban J connectivity index is 1.90. The van der Waals surface area contributed by atoms with Crippen molar-refractivity contribution in [2.75, 3.05) is 13.7 Å². The van der Waals surface area contributed by atoms with Gasteiger partial charge in [-0.15, -0.1) is 0 Å². The molecular formula is C14H15NO2. The van der Waals surface area contributed by atoms with Crippen molar-refractivity contribution in [2.24, 2.45) is 4.99 Å². The van der Waals surface area contributed by atoms with Crippen LogP contribution in [0.3, 0.4) is 0 Å². The number of hydrogen-bond donors (Lipinski definition) is 0. The lowest BCUT2D eigenvalue weighted by Gasteiger charge is -2.05. The van der Waals surface area contributed by atoms with Gasteiger partial charge in [-0.05, 0) is 30.2 Å². The molecule has 2 aromatic rings. The van der Waals surface area contributed by atoms with Crippen LogP contribution in [0.5, 0.6) is 5.75 Å². The van der Waals surface area contributed by atoms with Crippen LogP contribution in [0.1, 0.15) is 11.3 Å². The topological polar surface area (TPSA) is 34.7 Å². The van der Waals surface area contributed by atoms with Crippen LogP contribution in [0.2, 0.25) is 0 Å². The molecule has 3 heteroatoms. The summed E-state index contributed by atoms with van der Waals surface area (Å²) in [4.78, 5) is 4.31. The van der Waals surface area contributed by atoms with Gasteiger partial charge in [0.1, 0.15) is 11.5 Å². The second-order valence-electron chi connectivity index (χ2n) is 3.61. The Bertz CT molecular complexity index is 475. The number of furan rings is 1. The van der Waals surface area contributed by atoms with E-state index in [9.17, 15) is 0 Å². The molecule has 1 heterocycles. The van der Waals surface area contributed by atoms with Crippen LogP contribution in [0.4, 0.5) is 0 Å². The van der Waals surface area contributed by atoms with Crippen molar-refractivity contribution in [1.82, 2.24) is 0 Å². The molecule has 0 saturated carbocycles. The number of nitrogens with zero attached hydrogens (tertiary/aromatic N) is 1. The van der Waals surface area contributed by atoms with Crippen LogP contribution in [0, 0.1) is 0 Å². The summed E-state index contributed by atoms with van der Waals surface area (Å²) >= 11 is 0. The van der Waals surface area contributed by atoms with Crippen LogP contribution in [0.15, 0.2) is 52.1 Å². The van der Waals surface area contributed by atoms with Gasteiger partial charge >= 0.3 is 0 Å². The van der Waals surface area contributed by atoms with Crippen LogP contribution in [0.25, 0.3) is 0 Å². The fraction of sp³-hybridized carbons (Fsp3) is 0.214. The average Bonchev–Trinajstić information content (AvgIpc) is 2.88. The molecule has 2 rings (SSSR count). The first-order chi connectivity index (χ1) is 8.40. The minimum Gasteiger partial charge on any atom is -0.496 e. The summed E-state index contributed by atoms with van der Waals surface area (Å²) in [5.74, 6) is 1.70. The van der Waals surface area contributed by atoms with Gasteiger partial charge in [0, 0.05) is 6.54 Å². The van der Waals surface area contributed by atoms with Gasteiger partial charge in [0.15, 0.2) is 0 Å². The van der Waals surface area contributed by atoms with E-state index in [1.807, 2.05) is 30.3 Å². The summed E-state index contributed by atoms with van der Waals surface area (Å²) in [5.41, 5.74) is 1.17. The van der Waals surface area contributed by atoms with Crippen LogP contribution in [-0.4, -0.2) is 19.9 Å². The van der Waals surface area contributed by atoms with Crippen molar-refractivity contribution in [2.45, 2.75) is 6.42 Å². The maximum absolute atomic E-state index is 5.28. The van der Waals surface area contributed by atoms with Crippen LogP contribution in [-0.2, 0) is 6.42 Å². The van der Waals surface area contributed by atoms with Gasteiger partial charge in [-0.25, -0.2) is 0 Å². The molecule has 0 aliphatic carbocycles. The van der Waals surface area contributed by atoms with Gasteiger partial charge in [0.2, 0.25) is 0 Å². The summed E-state index contributed by atoms with van der Waals surface area (Å²) in [6.45, 7) is 0.723. The Hall–Kier alpha value is -2.03.